The molecule has 1 aliphatic carbocycles. The Hall–Kier alpha value is -2.67. The minimum absolute atomic E-state index is 0.112. The summed E-state index contributed by atoms with van der Waals surface area (Å²) in [5, 5.41) is 14.9. The molecule has 0 fully saturated rings. The topological polar surface area (TPSA) is 90.4 Å². The molecule has 124 valence electrons. The van der Waals surface area contributed by atoms with Gasteiger partial charge in [-0.25, -0.2) is 9.78 Å². The Morgan fingerprint density at radius 2 is 2.21 bits per heavy atom. The fourth-order valence-corrected chi connectivity index (χ4v) is 3.14. The molecule has 7 nitrogen and oxygen atoms in total. The van der Waals surface area contributed by atoms with Crippen LogP contribution >= 0.6 is 0 Å². The summed E-state index contributed by atoms with van der Waals surface area (Å²) < 4.78 is 12.6. The van der Waals surface area contributed by atoms with Crippen LogP contribution in [0.25, 0.3) is 11.0 Å². The lowest BCUT2D eigenvalue weighted by Gasteiger charge is -2.13. The van der Waals surface area contributed by atoms with E-state index in [1.807, 2.05) is 12.1 Å². The lowest BCUT2D eigenvalue weighted by molar-refractivity contribution is 0.0892. The van der Waals surface area contributed by atoms with Crippen molar-refractivity contribution in [1.29, 1.82) is 0 Å². The lowest BCUT2D eigenvalue weighted by atomic mass is 10.1. The molecule has 24 heavy (non-hydrogen) atoms. The number of hydrogen-bond donors (Lipinski definition) is 1. The van der Waals surface area contributed by atoms with Crippen molar-refractivity contribution in [3.8, 4) is 5.75 Å². The van der Waals surface area contributed by atoms with Gasteiger partial charge in [-0.3, -0.25) is 4.68 Å². The molecule has 0 radical (unpaired) electrons. The van der Waals surface area contributed by atoms with Crippen LogP contribution in [0.3, 0.4) is 0 Å². The van der Waals surface area contributed by atoms with Crippen LogP contribution in [0.4, 0.5) is 0 Å². The molecule has 0 bridgehead atoms. The third-order valence-electron chi connectivity index (χ3n) is 4.25. The zero-order valence-electron chi connectivity index (χ0n) is 13.0. The Balaban J connectivity index is 1.51. The van der Waals surface area contributed by atoms with Gasteiger partial charge in [0.15, 0.2) is 0 Å². The van der Waals surface area contributed by atoms with Gasteiger partial charge in [-0.1, -0.05) is 0 Å². The predicted molar refractivity (Wildman–Crippen MR) is 86.0 cm³/mol. The van der Waals surface area contributed by atoms with E-state index in [9.17, 15) is 9.90 Å². The quantitative estimate of drug-likeness (QED) is 0.711. The standard InChI is InChI=1S/C17H17N3O4/c21-11(7-20-10-18-9-19-20)8-23-12-4-5-14-13-2-1-3-15(13)17(22)24-16(14)6-12/h4-6,9-11,21H,1-3,7-8H2/t11-/m1/s1. The first-order valence-corrected chi connectivity index (χ1v) is 7.92. The first kappa shape index (κ1) is 14.9. The summed E-state index contributed by atoms with van der Waals surface area (Å²) in [6.45, 7) is 0.413. The van der Waals surface area contributed by atoms with Crippen LogP contribution in [0, 0.1) is 0 Å². The minimum Gasteiger partial charge on any atom is -0.491 e. The van der Waals surface area contributed by atoms with Crippen LogP contribution in [-0.2, 0) is 19.4 Å². The predicted octanol–water partition coefficient (Wildman–Crippen LogP) is 1.31. The number of fused-ring (bicyclic) bond motifs is 3. The molecular weight excluding hydrogens is 310 g/mol. The fourth-order valence-electron chi connectivity index (χ4n) is 3.14. The molecule has 7 heteroatoms. The molecular formula is C17H17N3O4. The second-order valence-corrected chi connectivity index (χ2v) is 5.94. The van der Waals surface area contributed by atoms with Crippen LogP contribution in [0.5, 0.6) is 5.75 Å². The second-order valence-electron chi connectivity index (χ2n) is 5.94. The summed E-state index contributed by atoms with van der Waals surface area (Å²) in [7, 11) is 0. The summed E-state index contributed by atoms with van der Waals surface area (Å²) in [6, 6.07) is 5.46. The Morgan fingerprint density at radius 1 is 1.33 bits per heavy atom. The van der Waals surface area contributed by atoms with Gasteiger partial charge in [0, 0.05) is 17.0 Å². The Bertz CT molecular complexity index is 917. The Morgan fingerprint density at radius 3 is 3.04 bits per heavy atom. The maximum Gasteiger partial charge on any atom is 0.339 e. The van der Waals surface area contributed by atoms with E-state index in [-0.39, 0.29) is 12.2 Å². The van der Waals surface area contributed by atoms with Gasteiger partial charge < -0.3 is 14.3 Å². The molecule has 0 spiro atoms. The zero-order valence-corrected chi connectivity index (χ0v) is 13.0. The number of benzene rings is 1. The molecule has 3 aromatic rings. The van der Waals surface area contributed by atoms with E-state index in [2.05, 4.69) is 10.1 Å². The molecule has 0 saturated heterocycles. The highest BCUT2D eigenvalue weighted by Gasteiger charge is 2.19. The molecule has 0 unspecified atom stereocenters. The third kappa shape index (κ3) is 2.78. The molecule has 0 saturated carbocycles. The molecule has 0 aliphatic heterocycles. The van der Waals surface area contributed by atoms with Crippen molar-refractivity contribution in [3.63, 3.8) is 0 Å². The summed E-state index contributed by atoms with van der Waals surface area (Å²) in [5.74, 6) is 0.557. The Kier molecular flexibility index (Phi) is 3.78. The average molecular weight is 327 g/mol. The molecule has 1 aliphatic rings. The smallest absolute Gasteiger partial charge is 0.339 e. The van der Waals surface area contributed by atoms with E-state index in [4.69, 9.17) is 9.15 Å². The van der Waals surface area contributed by atoms with Crippen LogP contribution in [0.2, 0.25) is 0 Å². The summed E-state index contributed by atoms with van der Waals surface area (Å²) >= 11 is 0. The SMILES string of the molecule is O=c1oc2cc(OC[C@H](O)Cn3cncn3)ccc2c2c1CCC2. The number of ether oxygens (including phenoxy) is 1. The van der Waals surface area contributed by atoms with Gasteiger partial charge in [0.05, 0.1) is 6.54 Å². The molecule has 2 heterocycles. The van der Waals surface area contributed by atoms with Crippen molar-refractivity contribution in [3.05, 3.63) is 52.4 Å². The van der Waals surface area contributed by atoms with Crippen LogP contribution < -0.4 is 10.4 Å². The van der Waals surface area contributed by atoms with Crippen molar-refractivity contribution >= 4 is 11.0 Å². The number of rotatable bonds is 5. The van der Waals surface area contributed by atoms with Gasteiger partial charge in [-0.15, -0.1) is 0 Å². The molecule has 4 rings (SSSR count). The zero-order chi connectivity index (χ0) is 16.5. The van der Waals surface area contributed by atoms with E-state index in [0.29, 0.717) is 17.9 Å². The number of nitrogens with zero attached hydrogens (tertiary/aromatic N) is 3. The normalized spacial score (nSPS) is 14.7. The molecule has 1 aromatic carbocycles. The second kappa shape index (κ2) is 6.09. The van der Waals surface area contributed by atoms with Gasteiger partial charge in [-0.2, -0.15) is 5.10 Å². The van der Waals surface area contributed by atoms with Crippen molar-refractivity contribution in [2.24, 2.45) is 0 Å². The number of aromatic nitrogens is 3. The highest BCUT2D eigenvalue weighted by molar-refractivity contribution is 5.83. The van der Waals surface area contributed by atoms with Gasteiger partial charge in [0.1, 0.15) is 36.7 Å². The van der Waals surface area contributed by atoms with Crippen LogP contribution in [0.1, 0.15) is 17.5 Å². The molecule has 1 N–H and O–H groups in total. The molecule has 0 amide bonds. The van der Waals surface area contributed by atoms with Gasteiger partial charge >= 0.3 is 5.63 Å². The summed E-state index contributed by atoms with van der Waals surface area (Å²) in [4.78, 5) is 15.8. The van der Waals surface area contributed by atoms with Gasteiger partial charge in [-0.05, 0) is 37.0 Å². The monoisotopic (exact) mass is 327 g/mol. The van der Waals surface area contributed by atoms with Crippen molar-refractivity contribution in [2.75, 3.05) is 6.61 Å². The number of hydrogen-bond acceptors (Lipinski definition) is 6. The van der Waals surface area contributed by atoms with E-state index in [0.717, 1.165) is 35.8 Å². The fraction of sp³-hybridized carbons (Fsp3) is 0.353. The summed E-state index contributed by atoms with van der Waals surface area (Å²) in [5.41, 5.74) is 2.18. The number of aryl methyl sites for hydroxylation is 1. The maximum atomic E-state index is 12.0. The molecule has 2 aromatic heterocycles. The minimum atomic E-state index is -0.713. The lowest BCUT2D eigenvalue weighted by Crippen LogP contribution is -2.23. The maximum absolute atomic E-state index is 12.0. The number of aliphatic hydroxyl groups is 1. The first-order chi connectivity index (χ1) is 11.7. The average Bonchev–Trinajstić information content (AvgIpc) is 3.24. The third-order valence-corrected chi connectivity index (χ3v) is 4.25. The van der Waals surface area contributed by atoms with Crippen molar-refractivity contribution in [2.45, 2.75) is 31.9 Å². The van der Waals surface area contributed by atoms with E-state index in [1.165, 1.54) is 17.3 Å². The van der Waals surface area contributed by atoms with E-state index >= 15 is 0 Å². The van der Waals surface area contributed by atoms with Crippen LogP contribution in [0.15, 0.2) is 40.1 Å². The number of aliphatic hydroxyl groups excluding tert-OH is 1. The first-order valence-electron chi connectivity index (χ1n) is 7.92. The van der Waals surface area contributed by atoms with Crippen molar-refractivity contribution in [1.82, 2.24) is 14.8 Å². The van der Waals surface area contributed by atoms with E-state index in [1.54, 1.807) is 6.07 Å². The molecule has 1 atom stereocenters. The van der Waals surface area contributed by atoms with Crippen molar-refractivity contribution < 1.29 is 14.3 Å². The summed E-state index contributed by atoms with van der Waals surface area (Å²) in [6.07, 6.45) is 4.93. The van der Waals surface area contributed by atoms with Gasteiger partial charge in [0.2, 0.25) is 0 Å². The van der Waals surface area contributed by atoms with E-state index < -0.39 is 6.10 Å². The highest BCUT2D eigenvalue weighted by atomic mass is 16.5. The van der Waals surface area contributed by atoms with Gasteiger partial charge in [0.25, 0.3) is 0 Å². The highest BCUT2D eigenvalue weighted by Crippen LogP contribution is 2.29. The Labute approximate surface area is 137 Å². The van der Waals surface area contributed by atoms with Crippen LogP contribution in [-0.4, -0.2) is 32.6 Å². The largest absolute Gasteiger partial charge is 0.491 e.